The largest absolute Gasteiger partial charge is 0.356 e. The maximum Gasteiger partial charge on any atom is 0.253 e. The summed E-state index contributed by atoms with van der Waals surface area (Å²) in [6.45, 7) is 8.10. The molecule has 0 radical (unpaired) electrons. The summed E-state index contributed by atoms with van der Waals surface area (Å²) in [6.07, 6.45) is 3.05. The molecule has 0 saturated carbocycles. The van der Waals surface area contributed by atoms with Crippen LogP contribution in [0.5, 0.6) is 0 Å². The Morgan fingerprint density at radius 2 is 1.96 bits per heavy atom. The highest BCUT2D eigenvalue weighted by Crippen LogP contribution is 2.18. The topological polar surface area (TPSA) is 49.4 Å². The van der Waals surface area contributed by atoms with Gasteiger partial charge in [-0.3, -0.25) is 9.59 Å². The van der Waals surface area contributed by atoms with Gasteiger partial charge in [-0.1, -0.05) is 32.9 Å². The Morgan fingerprint density at radius 1 is 1.26 bits per heavy atom. The number of hydrogen-bond acceptors (Lipinski definition) is 2. The zero-order valence-corrected chi connectivity index (χ0v) is 14.5. The first kappa shape index (κ1) is 17.5. The summed E-state index contributed by atoms with van der Waals surface area (Å²) >= 11 is 0. The number of rotatable bonds is 5. The summed E-state index contributed by atoms with van der Waals surface area (Å²) in [5.41, 5.74) is 2.00. The van der Waals surface area contributed by atoms with Gasteiger partial charge in [0.25, 0.3) is 5.91 Å². The molecule has 0 spiro atoms. The van der Waals surface area contributed by atoms with Crippen molar-refractivity contribution in [2.24, 2.45) is 11.8 Å². The molecule has 23 heavy (non-hydrogen) atoms. The average molecular weight is 316 g/mol. The number of amides is 2. The van der Waals surface area contributed by atoms with Gasteiger partial charge in [-0.25, -0.2) is 0 Å². The van der Waals surface area contributed by atoms with Gasteiger partial charge in [-0.05, 0) is 42.9 Å². The highest BCUT2D eigenvalue weighted by molar-refractivity contribution is 5.94. The molecule has 1 aromatic carbocycles. The number of piperidine rings is 1. The van der Waals surface area contributed by atoms with Crippen LogP contribution in [0.4, 0.5) is 0 Å². The predicted octanol–water partition coefficient (Wildman–Crippen LogP) is 2.87. The third-order valence-corrected chi connectivity index (χ3v) is 4.50. The van der Waals surface area contributed by atoms with Crippen molar-refractivity contribution in [2.45, 2.75) is 40.0 Å². The number of hydrogen-bond donors (Lipinski definition) is 1. The lowest BCUT2D eigenvalue weighted by Crippen LogP contribution is -2.44. The van der Waals surface area contributed by atoms with Crippen LogP contribution in [0.1, 0.15) is 49.5 Å². The van der Waals surface area contributed by atoms with Gasteiger partial charge in [0.05, 0.1) is 0 Å². The lowest BCUT2D eigenvalue weighted by Gasteiger charge is -2.33. The van der Waals surface area contributed by atoms with Crippen LogP contribution in [0.3, 0.4) is 0 Å². The van der Waals surface area contributed by atoms with E-state index in [2.05, 4.69) is 12.2 Å². The number of aryl methyl sites for hydroxylation is 1. The van der Waals surface area contributed by atoms with E-state index >= 15 is 0 Å². The molecule has 4 heteroatoms. The van der Waals surface area contributed by atoms with Gasteiger partial charge >= 0.3 is 0 Å². The molecule has 1 fully saturated rings. The molecular formula is C19H28N2O2. The summed E-state index contributed by atoms with van der Waals surface area (Å²) in [6, 6.07) is 7.89. The standard InChI is InChI=1S/C19H28N2O2/c1-4-15-7-9-17(10-8-15)19(23)21-11-5-6-16(13-21)12-20-18(22)14(2)3/h7-10,14,16H,4-6,11-13H2,1-3H3,(H,20,22)/t16-/m0/s1. The summed E-state index contributed by atoms with van der Waals surface area (Å²) < 4.78 is 0. The Hall–Kier alpha value is -1.84. The highest BCUT2D eigenvalue weighted by atomic mass is 16.2. The van der Waals surface area contributed by atoms with Crippen molar-refractivity contribution in [2.75, 3.05) is 19.6 Å². The molecule has 1 aliphatic heterocycles. The lowest BCUT2D eigenvalue weighted by molar-refractivity contribution is -0.124. The molecule has 1 N–H and O–H groups in total. The lowest BCUT2D eigenvalue weighted by atomic mass is 9.97. The summed E-state index contributed by atoms with van der Waals surface area (Å²) in [5.74, 6) is 0.551. The van der Waals surface area contributed by atoms with Gasteiger partial charge in [-0.2, -0.15) is 0 Å². The predicted molar refractivity (Wildman–Crippen MR) is 92.3 cm³/mol. The van der Waals surface area contributed by atoms with Crippen LogP contribution in [-0.2, 0) is 11.2 Å². The summed E-state index contributed by atoms with van der Waals surface area (Å²) in [7, 11) is 0. The van der Waals surface area contributed by atoms with Crippen molar-refractivity contribution >= 4 is 11.8 Å². The van der Waals surface area contributed by atoms with Crippen LogP contribution in [0.25, 0.3) is 0 Å². The van der Waals surface area contributed by atoms with Crippen molar-refractivity contribution in [1.82, 2.24) is 10.2 Å². The fourth-order valence-electron chi connectivity index (χ4n) is 2.93. The molecule has 1 atom stereocenters. The van der Waals surface area contributed by atoms with E-state index in [9.17, 15) is 9.59 Å². The second kappa shape index (κ2) is 8.14. The molecule has 4 nitrogen and oxygen atoms in total. The Morgan fingerprint density at radius 3 is 2.57 bits per heavy atom. The fourth-order valence-corrected chi connectivity index (χ4v) is 2.93. The molecule has 0 bridgehead atoms. The number of nitrogens with zero attached hydrogens (tertiary/aromatic N) is 1. The first-order valence-electron chi connectivity index (χ1n) is 8.67. The van der Waals surface area contributed by atoms with E-state index < -0.39 is 0 Å². The van der Waals surface area contributed by atoms with Gasteiger partial charge < -0.3 is 10.2 Å². The van der Waals surface area contributed by atoms with Gasteiger partial charge in [0.15, 0.2) is 0 Å². The second-order valence-electron chi connectivity index (χ2n) is 6.71. The monoisotopic (exact) mass is 316 g/mol. The normalized spacial score (nSPS) is 18.1. The van der Waals surface area contributed by atoms with Crippen molar-refractivity contribution in [3.63, 3.8) is 0 Å². The Labute approximate surface area is 139 Å². The molecule has 0 aromatic heterocycles. The molecule has 1 aliphatic rings. The quantitative estimate of drug-likeness (QED) is 0.908. The van der Waals surface area contributed by atoms with Crippen molar-refractivity contribution in [3.05, 3.63) is 35.4 Å². The smallest absolute Gasteiger partial charge is 0.253 e. The second-order valence-corrected chi connectivity index (χ2v) is 6.71. The fraction of sp³-hybridized carbons (Fsp3) is 0.579. The molecular weight excluding hydrogens is 288 g/mol. The van der Waals surface area contributed by atoms with E-state index in [-0.39, 0.29) is 17.7 Å². The zero-order valence-electron chi connectivity index (χ0n) is 14.5. The van der Waals surface area contributed by atoms with E-state index in [1.54, 1.807) is 0 Å². The van der Waals surface area contributed by atoms with Crippen LogP contribution in [-0.4, -0.2) is 36.3 Å². The van der Waals surface area contributed by atoms with E-state index in [1.807, 2.05) is 43.0 Å². The molecule has 1 aromatic rings. The summed E-state index contributed by atoms with van der Waals surface area (Å²) in [5, 5.41) is 2.99. The molecule has 126 valence electrons. The van der Waals surface area contributed by atoms with Crippen molar-refractivity contribution < 1.29 is 9.59 Å². The van der Waals surface area contributed by atoms with Crippen molar-refractivity contribution in [3.8, 4) is 0 Å². The number of carbonyl (C=O) groups excluding carboxylic acids is 2. The third kappa shape index (κ3) is 4.81. The SMILES string of the molecule is CCc1ccc(C(=O)N2CCC[C@@H](CNC(=O)C(C)C)C2)cc1. The van der Waals surface area contributed by atoms with Gasteiger partial charge in [-0.15, -0.1) is 0 Å². The number of nitrogens with one attached hydrogen (secondary N) is 1. The Balaban J connectivity index is 1.91. The first-order valence-corrected chi connectivity index (χ1v) is 8.67. The zero-order chi connectivity index (χ0) is 16.8. The average Bonchev–Trinajstić information content (AvgIpc) is 2.59. The molecule has 1 heterocycles. The first-order chi connectivity index (χ1) is 11.0. The number of carbonyl (C=O) groups is 2. The van der Waals surface area contributed by atoms with Crippen LogP contribution in [0, 0.1) is 11.8 Å². The van der Waals surface area contributed by atoms with E-state index in [1.165, 1.54) is 5.56 Å². The van der Waals surface area contributed by atoms with E-state index in [4.69, 9.17) is 0 Å². The maximum absolute atomic E-state index is 12.6. The highest BCUT2D eigenvalue weighted by Gasteiger charge is 2.25. The molecule has 0 aliphatic carbocycles. The molecule has 2 amide bonds. The van der Waals surface area contributed by atoms with Gasteiger partial charge in [0, 0.05) is 31.1 Å². The third-order valence-electron chi connectivity index (χ3n) is 4.50. The minimum Gasteiger partial charge on any atom is -0.356 e. The Bertz CT molecular complexity index is 537. The van der Waals surface area contributed by atoms with Gasteiger partial charge in [0.2, 0.25) is 5.91 Å². The van der Waals surface area contributed by atoms with Crippen molar-refractivity contribution in [1.29, 1.82) is 0 Å². The van der Waals surface area contributed by atoms with Crippen LogP contribution >= 0.6 is 0 Å². The van der Waals surface area contributed by atoms with Crippen LogP contribution in [0.2, 0.25) is 0 Å². The number of likely N-dealkylation sites (tertiary alicyclic amines) is 1. The molecule has 1 saturated heterocycles. The van der Waals surface area contributed by atoms with Crippen LogP contribution in [0.15, 0.2) is 24.3 Å². The van der Waals surface area contributed by atoms with E-state index in [0.29, 0.717) is 12.5 Å². The Kier molecular flexibility index (Phi) is 6.20. The minimum absolute atomic E-state index is 0.00778. The number of benzene rings is 1. The van der Waals surface area contributed by atoms with Gasteiger partial charge in [0.1, 0.15) is 0 Å². The molecule has 2 rings (SSSR count). The molecule has 0 unspecified atom stereocenters. The van der Waals surface area contributed by atoms with E-state index in [0.717, 1.165) is 37.9 Å². The maximum atomic E-state index is 12.6. The summed E-state index contributed by atoms with van der Waals surface area (Å²) in [4.78, 5) is 26.2. The minimum atomic E-state index is 0.00778. The van der Waals surface area contributed by atoms with Crippen LogP contribution < -0.4 is 5.32 Å².